The van der Waals surface area contributed by atoms with Crippen LogP contribution in [0.2, 0.25) is 0 Å². The lowest BCUT2D eigenvalue weighted by atomic mass is 9.75. The van der Waals surface area contributed by atoms with Crippen LogP contribution in [0.25, 0.3) is 0 Å². The van der Waals surface area contributed by atoms with Crippen molar-refractivity contribution in [3.8, 4) is 5.75 Å². The summed E-state index contributed by atoms with van der Waals surface area (Å²) in [6.07, 6.45) is 5.16. The third-order valence-electron chi connectivity index (χ3n) is 6.89. The average molecular weight is 373 g/mol. The molecule has 1 amide bonds. The zero-order valence-electron chi connectivity index (χ0n) is 15.2. The minimum atomic E-state index is 0.326. The SMILES string of the molecule is O=C(CSCC1CC1)N1C[C@@H](c2cccc(O)c2)[C@@H]2[C@H]1C1CCN2CC1. The molecule has 4 saturated heterocycles. The standard InChI is InChI=1S/C21H28N2O2S/c24-17-3-1-2-16(10-17)18-11-23(19(25)13-26-12-14-4-5-14)20-15-6-8-22(9-7-15)21(18)20/h1-3,10,14-15,18,20-21,24H,4-9,11-13H2/t18-,20+,21+/m0/s1. The van der Waals surface area contributed by atoms with E-state index >= 15 is 0 Å². The molecule has 1 aromatic carbocycles. The van der Waals surface area contributed by atoms with E-state index in [2.05, 4.69) is 15.9 Å². The molecule has 4 nitrogen and oxygen atoms in total. The summed E-state index contributed by atoms with van der Waals surface area (Å²) in [7, 11) is 0. The Morgan fingerprint density at radius 3 is 2.69 bits per heavy atom. The van der Waals surface area contributed by atoms with Crippen molar-refractivity contribution < 1.29 is 9.90 Å². The quantitative estimate of drug-likeness (QED) is 0.863. The van der Waals surface area contributed by atoms with Gasteiger partial charge >= 0.3 is 0 Å². The normalized spacial score (nSPS) is 35.5. The predicted octanol–water partition coefficient (Wildman–Crippen LogP) is 2.92. The molecule has 140 valence electrons. The summed E-state index contributed by atoms with van der Waals surface area (Å²) in [6.45, 7) is 3.15. The molecule has 4 aliphatic heterocycles. The van der Waals surface area contributed by atoms with Crippen molar-refractivity contribution in [3.05, 3.63) is 29.8 Å². The first-order valence-corrected chi connectivity index (χ1v) is 11.3. The van der Waals surface area contributed by atoms with E-state index in [9.17, 15) is 9.90 Å². The zero-order chi connectivity index (χ0) is 17.7. The van der Waals surface area contributed by atoms with Gasteiger partial charge in [-0.2, -0.15) is 11.8 Å². The number of carbonyl (C=O) groups excluding carboxylic acids is 1. The largest absolute Gasteiger partial charge is 0.508 e. The third kappa shape index (κ3) is 3.03. The van der Waals surface area contributed by atoms with E-state index in [1.807, 2.05) is 23.9 Å². The molecule has 1 saturated carbocycles. The molecule has 5 heteroatoms. The first-order chi connectivity index (χ1) is 12.7. The molecular formula is C21H28N2O2S. The number of nitrogens with zero attached hydrogens (tertiary/aromatic N) is 2. The maximum absolute atomic E-state index is 13.1. The number of amides is 1. The number of hydrogen-bond acceptors (Lipinski definition) is 4. The Balaban J connectivity index is 1.38. The van der Waals surface area contributed by atoms with Crippen LogP contribution in [-0.2, 0) is 4.79 Å². The number of phenolic OH excluding ortho intramolecular Hbond substituents is 1. The van der Waals surface area contributed by atoms with Crippen LogP contribution >= 0.6 is 11.8 Å². The maximum Gasteiger partial charge on any atom is 0.232 e. The van der Waals surface area contributed by atoms with Gasteiger partial charge in [-0.15, -0.1) is 0 Å². The van der Waals surface area contributed by atoms with E-state index in [1.165, 1.54) is 44.3 Å². The lowest BCUT2D eigenvalue weighted by Crippen LogP contribution is -2.60. The summed E-state index contributed by atoms with van der Waals surface area (Å²) in [6, 6.07) is 8.51. The van der Waals surface area contributed by atoms with Crippen LogP contribution in [0.1, 0.15) is 37.2 Å². The van der Waals surface area contributed by atoms with E-state index in [-0.39, 0.29) is 0 Å². The van der Waals surface area contributed by atoms with Crippen molar-refractivity contribution in [2.45, 2.75) is 43.7 Å². The molecule has 1 N–H and O–H groups in total. The van der Waals surface area contributed by atoms with Gasteiger partial charge < -0.3 is 10.0 Å². The Morgan fingerprint density at radius 1 is 1.15 bits per heavy atom. The van der Waals surface area contributed by atoms with Crippen LogP contribution in [-0.4, -0.2) is 64.0 Å². The molecule has 1 aliphatic carbocycles. The molecule has 2 bridgehead atoms. The van der Waals surface area contributed by atoms with Crippen LogP contribution in [0, 0.1) is 11.8 Å². The zero-order valence-corrected chi connectivity index (χ0v) is 16.0. The van der Waals surface area contributed by atoms with Gasteiger partial charge in [-0.25, -0.2) is 0 Å². The second-order valence-electron chi connectivity index (χ2n) is 8.56. The summed E-state index contributed by atoms with van der Waals surface area (Å²) in [5.74, 6) is 4.31. The highest BCUT2D eigenvalue weighted by Gasteiger charge is 2.54. The van der Waals surface area contributed by atoms with Crippen molar-refractivity contribution in [3.63, 3.8) is 0 Å². The van der Waals surface area contributed by atoms with Crippen molar-refractivity contribution in [1.82, 2.24) is 9.80 Å². The number of piperidine rings is 3. The topological polar surface area (TPSA) is 43.8 Å². The van der Waals surface area contributed by atoms with Crippen LogP contribution in [0.4, 0.5) is 0 Å². The highest BCUT2D eigenvalue weighted by molar-refractivity contribution is 7.99. The third-order valence-corrected chi connectivity index (χ3v) is 8.05. The lowest BCUT2D eigenvalue weighted by molar-refractivity contribution is -0.133. The van der Waals surface area contributed by atoms with Gasteiger partial charge in [-0.1, -0.05) is 12.1 Å². The van der Waals surface area contributed by atoms with Gasteiger partial charge in [0.1, 0.15) is 5.75 Å². The van der Waals surface area contributed by atoms with Crippen molar-refractivity contribution in [2.75, 3.05) is 31.1 Å². The molecule has 0 unspecified atom stereocenters. The first kappa shape index (κ1) is 16.9. The second-order valence-corrected chi connectivity index (χ2v) is 9.59. The highest BCUT2D eigenvalue weighted by atomic mass is 32.2. The fourth-order valence-corrected chi connectivity index (χ4v) is 6.56. The van der Waals surface area contributed by atoms with E-state index in [0.717, 1.165) is 18.2 Å². The van der Waals surface area contributed by atoms with Crippen molar-refractivity contribution in [2.24, 2.45) is 11.8 Å². The number of aromatic hydroxyl groups is 1. The number of hydrogen-bond donors (Lipinski definition) is 1. The highest BCUT2D eigenvalue weighted by Crippen LogP contribution is 2.47. The molecular weight excluding hydrogens is 344 g/mol. The number of rotatable bonds is 5. The molecule has 0 spiro atoms. The number of benzene rings is 1. The average Bonchev–Trinajstić information content (AvgIpc) is 3.38. The summed E-state index contributed by atoms with van der Waals surface area (Å²) < 4.78 is 0. The van der Waals surface area contributed by atoms with Gasteiger partial charge in [0.2, 0.25) is 5.91 Å². The van der Waals surface area contributed by atoms with Gasteiger partial charge in [-0.05, 0) is 74.1 Å². The Morgan fingerprint density at radius 2 is 1.96 bits per heavy atom. The molecule has 1 aromatic rings. The Hall–Kier alpha value is -1.20. The van der Waals surface area contributed by atoms with E-state index in [1.54, 1.807) is 6.07 Å². The van der Waals surface area contributed by atoms with Crippen LogP contribution in [0.3, 0.4) is 0 Å². The fourth-order valence-electron chi connectivity index (χ4n) is 5.43. The number of fused-ring (bicyclic) bond motifs is 2. The van der Waals surface area contributed by atoms with E-state index in [4.69, 9.17) is 0 Å². The summed E-state index contributed by atoms with van der Waals surface area (Å²) in [5, 5.41) is 9.95. The maximum atomic E-state index is 13.1. The fraction of sp³-hybridized carbons (Fsp3) is 0.667. The smallest absolute Gasteiger partial charge is 0.232 e. The van der Waals surface area contributed by atoms with Gasteiger partial charge in [0, 0.05) is 18.5 Å². The van der Waals surface area contributed by atoms with Gasteiger partial charge in [0.05, 0.1) is 11.8 Å². The molecule has 26 heavy (non-hydrogen) atoms. The van der Waals surface area contributed by atoms with Crippen molar-refractivity contribution in [1.29, 1.82) is 0 Å². The Bertz CT molecular complexity index is 684. The summed E-state index contributed by atoms with van der Waals surface area (Å²) in [5.41, 5.74) is 1.19. The van der Waals surface area contributed by atoms with Crippen LogP contribution in [0.15, 0.2) is 24.3 Å². The van der Waals surface area contributed by atoms with E-state index < -0.39 is 0 Å². The predicted molar refractivity (Wildman–Crippen MR) is 104 cm³/mol. The molecule has 0 radical (unpaired) electrons. The van der Waals surface area contributed by atoms with Gasteiger partial charge in [0.15, 0.2) is 0 Å². The molecule has 6 rings (SSSR count). The summed E-state index contributed by atoms with van der Waals surface area (Å²) >= 11 is 1.83. The lowest BCUT2D eigenvalue weighted by Gasteiger charge is -2.51. The monoisotopic (exact) mass is 372 g/mol. The number of likely N-dealkylation sites (tertiary alicyclic amines) is 1. The number of thioether (sulfide) groups is 1. The summed E-state index contributed by atoms with van der Waals surface area (Å²) in [4.78, 5) is 17.9. The van der Waals surface area contributed by atoms with Gasteiger partial charge in [0.25, 0.3) is 0 Å². The second kappa shape index (κ2) is 6.75. The Kier molecular flexibility index (Phi) is 4.40. The molecule has 5 aliphatic rings. The molecule has 4 heterocycles. The van der Waals surface area contributed by atoms with Gasteiger partial charge in [-0.3, -0.25) is 9.69 Å². The molecule has 3 atom stereocenters. The van der Waals surface area contributed by atoms with Crippen LogP contribution < -0.4 is 0 Å². The van der Waals surface area contributed by atoms with Crippen molar-refractivity contribution >= 4 is 17.7 Å². The number of phenols is 1. The first-order valence-electron chi connectivity index (χ1n) is 10.1. The Labute approximate surface area is 159 Å². The van der Waals surface area contributed by atoms with E-state index in [0.29, 0.717) is 41.3 Å². The molecule has 5 fully saturated rings. The minimum absolute atomic E-state index is 0.326. The molecule has 0 aromatic heterocycles. The van der Waals surface area contributed by atoms with Crippen LogP contribution in [0.5, 0.6) is 5.75 Å². The number of carbonyl (C=O) groups is 1. The minimum Gasteiger partial charge on any atom is -0.508 e.